The van der Waals surface area contributed by atoms with Gasteiger partial charge in [-0.2, -0.15) is 0 Å². The summed E-state index contributed by atoms with van der Waals surface area (Å²) in [6, 6.07) is 0. The number of rotatable bonds is 4. The van der Waals surface area contributed by atoms with Crippen molar-refractivity contribution in [2.45, 2.75) is 33.1 Å². The molecule has 0 bridgehead atoms. The van der Waals surface area contributed by atoms with E-state index >= 15 is 0 Å². The molecule has 0 unspecified atom stereocenters. The smallest absolute Gasteiger partial charge is 0.0934 e. The molecule has 1 atom stereocenters. The molecular formula is C7H16N2. The van der Waals surface area contributed by atoms with Crippen molar-refractivity contribution in [3.63, 3.8) is 0 Å². The first-order chi connectivity index (χ1) is 4.18. The minimum atomic E-state index is 0.282. The molecule has 0 rings (SSSR count). The van der Waals surface area contributed by atoms with Gasteiger partial charge in [-0.1, -0.05) is 26.7 Å². The van der Waals surface area contributed by atoms with Crippen LogP contribution >= 0.6 is 0 Å². The standard InChI is InChI=1S/C7H16N2/c1-3-4-5-6(2)7(8)9/h6H,3-5H2,1-2H3,(H3,8,9)/t6-/m0/s1. The third-order valence-corrected chi connectivity index (χ3v) is 1.52. The van der Waals surface area contributed by atoms with Crippen LogP contribution in [0.1, 0.15) is 33.1 Å². The van der Waals surface area contributed by atoms with Crippen molar-refractivity contribution in [1.29, 1.82) is 5.41 Å². The number of hydrogen-bond donors (Lipinski definition) is 2. The largest absolute Gasteiger partial charge is 0.387 e. The quantitative estimate of drug-likeness (QED) is 0.440. The Morgan fingerprint density at radius 2 is 2.22 bits per heavy atom. The highest BCUT2D eigenvalue weighted by atomic mass is 14.7. The van der Waals surface area contributed by atoms with E-state index < -0.39 is 0 Å². The first-order valence-corrected chi connectivity index (χ1v) is 3.52. The molecule has 0 aromatic rings. The molecule has 0 aliphatic rings. The molecule has 0 aliphatic carbocycles. The number of amidine groups is 1. The third-order valence-electron chi connectivity index (χ3n) is 1.52. The van der Waals surface area contributed by atoms with Crippen LogP contribution in [0.3, 0.4) is 0 Å². The van der Waals surface area contributed by atoms with Crippen LogP contribution in [-0.4, -0.2) is 5.84 Å². The van der Waals surface area contributed by atoms with E-state index in [0.29, 0.717) is 5.84 Å². The predicted octanol–water partition coefficient (Wildman–Crippen LogP) is 1.75. The normalized spacial score (nSPS) is 13.1. The lowest BCUT2D eigenvalue weighted by Crippen LogP contribution is -2.19. The maximum atomic E-state index is 7.06. The lowest BCUT2D eigenvalue weighted by molar-refractivity contribution is 0.618. The fourth-order valence-corrected chi connectivity index (χ4v) is 0.666. The molecular weight excluding hydrogens is 112 g/mol. The van der Waals surface area contributed by atoms with E-state index in [4.69, 9.17) is 11.1 Å². The van der Waals surface area contributed by atoms with Gasteiger partial charge >= 0.3 is 0 Å². The fraction of sp³-hybridized carbons (Fsp3) is 0.857. The Labute approximate surface area is 57.0 Å². The molecule has 0 aromatic carbocycles. The van der Waals surface area contributed by atoms with Gasteiger partial charge < -0.3 is 5.73 Å². The second-order valence-corrected chi connectivity index (χ2v) is 2.50. The van der Waals surface area contributed by atoms with Crippen LogP contribution in [0.25, 0.3) is 0 Å². The maximum Gasteiger partial charge on any atom is 0.0934 e. The molecule has 9 heavy (non-hydrogen) atoms. The average Bonchev–Trinajstić information content (AvgIpc) is 1.82. The predicted molar refractivity (Wildman–Crippen MR) is 40.6 cm³/mol. The number of hydrogen-bond acceptors (Lipinski definition) is 1. The van der Waals surface area contributed by atoms with Gasteiger partial charge in [-0.05, 0) is 6.42 Å². The number of nitrogens with one attached hydrogen (secondary N) is 1. The maximum absolute atomic E-state index is 7.06. The van der Waals surface area contributed by atoms with Crippen LogP contribution in [-0.2, 0) is 0 Å². The lowest BCUT2D eigenvalue weighted by Gasteiger charge is -2.06. The van der Waals surface area contributed by atoms with Crippen molar-refractivity contribution >= 4 is 5.84 Å². The van der Waals surface area contributed by atoms with E-state index in [-0.39, 0.29) is 5.92 Å². The molecule has 0 fully saturated rings. The zero-order chi connectivity index (χ0) is 7.28. The van der Waals surface area contributed by atoms with E-state index in [1.807, 2.05) is 6.92 Å². The van der Waals surface area contributed by atoms with E-state index in [1.54, 1.807) is 0 Å². The average molecular weight is 128 g/mol. The number of nitrogens with two attached hydrogens (primary N) is 1. The van der Waals surface area contributed by atoms with Crippen LogP contribution in [0, 0.1) is 11.3 Å². The molecule has 3 N–H and O–H groups in total. The Morgan fingerprint density at radius 3 is 2.56 bits per heavy atom. The molecule has 2 heteroatoms. The SMILES string of the molecule is CCCC[C@H](C)C(=N)N. The van der Waals surface area contributed by atoms with Gasteiger partial charge in [0.2, 0.25) is 0 Å². The van der Waals surface area contributed by atoms with E-state index in [0.717, 1.165) is 6.42 Å². The number of unbranched alkanes of at least 4 members (excludes halogenated alkanes) is 1. The summed E-state index contributed by atoms with van der Waals surface area (Å²) in [4.78, 5) is 0. The third kappa shape index (κ3) is 4.01. The molecule has 2 nitrogen and oxygen atoms in total. The summed E-state index contributed by atoms with van der Waals surface area (Å²) < 4.78 is 0. The Morgan fingerprint density at radius 1 is 1.67 bits per heavy atom. The van der Waals surface area contributed by atoms with Crippen molar-refractivity contribution in [2.24, 2.45) is 11.7 Å². The highest BCUT2D eigenvalue weighted by Gasteiger charge is 2.02. The Hall–Kier alpha value is -0.530. The van der Waals surface area contributed by atoms with Crippen molar-refractivity contribution in [1.82, 2.24) is 0 Å². The van der Waals surface area contributed by atoms with Crippen LogP contribution < -0.4 is 5.73 Å². The topological polar surface area (TPSA) is 49.9 Å². The van der Waals surface area contributed by atoms with E-state index in [9.17, 15) is 0 Å². The van der Waals surface area contributed by atoms with Gasteiger partial charge in [0.05, 0.1) is 5.84 Å². The van der Waals surface area contributed by atoms with Gasteiger partial charge in [0.1, 0.15) is 0 Å². The second kappa shape index (κ2) is 4.36. The first-order valence-electron chi connectivity index (χ1n) is 3.52. The summed E-state index contributed by atoms with van der Waals surface area (Å²) in [5.74, 6) is 0.605. The molecule has 0 radical (unpaired) electrons. The summed E-state index contributed by atoms with van der Waals surface area (Å²) in [7, 11) is 0. The second-order valence-electron chi connectivity index (χ2n) is 2.50. The zero-order valence-corrected chi connectivity index (χ0v) is 6.28. The van der Waals surface area contributed by atoms with Crippen molar-refractivity contribution in [3.05, 3.63) is 0 Å². The summed E-state index contributed by atoms with van der Waals surface area (Å²) in [5.41, 5.74) is 5.26. The Balaban J connectivity index is 3.27. The van der Waals surface area contributed by atoms with E-state index in [1.165, 1.54) is 12.8 Å². The van der Waals surface area contributed by atoms with E-state index in [2.05, 4.69) is 6.92 Å². The van der Waals surface area contributed by atoms with Crippen molar-refractivity contribution < 1.29 is 0 Å². The van der Waals surface area contributed by atoms with Gasteiger partial charge in [0.15, 0.2) is 0 Å². The molecule has 0 heterocycles. The molecule has 0 aliphatic heterocycles. The molecule has 0 aromatic heterocycles. The highest BCUT2D eigenvalue weighted by Crippen LogP contribution is 2.05. The van der Waals surface area contributed by atoms with Gasteiger partial charge in [-0.15, -0.1) is 0 Å². The summed E-state index contributed by atoms with van der Waals surface area (Å²) in [6.07, 6.45) is 3.43. The van der Waals surface area contributed by atoms with Crippen molar-refractivity contribution in [3.8, 4) is 0 Å². The minimum Gasteiger partial charge on any atom is -0.387 e. The summed E-state index contributed by atoms with van der Waals surface area (Å²) in [6.45, 7) is 4.14. The van der Waals surface area contributed by atoms with Gasteiger partial charge in [-0.3, -0.25) is 5.41 Å². The van der Waals surface area contributed by atoms with Crippen LogP contribution in [0.2, 0.25) is 0 Å². The van der Waals surface area contributed by atoms with Gasteiger partial charge in [0, 0.05) is 5.92 Å². The van der Waals surface area contributed by atoms with Crippen LogP contribution in [0.4, 0.5) is 0 Å². The van der Waals surface area contributed by atoms with Gasteiger partial charge in [0.25, 0.3) is 0 Å². The molecule has 54 valence electrons. The van der Waals surface area contributed by atoms with Gasteiger partial charge in [-0.25, -0.2) is 0 Å². The minimum absolute atomic E-state index is 0.282. The highest BCUT2D eigenvalue weighted by molar-refractivity contribution is 5.79. The first kappa shape index (κ1) is 8.47. The monoisotopic (exact) mass is 128 g/mol. The molecule has 0 spiro atoms. The Kier molecular flexibility index (Phi) is 4.10. The van der Waals surface area contributed by atoms with Crippen LogP contribution in [0.5, 0.6) is 0 Å². The lowest BCUT2D eigenvalue weighted by atomic mass is 10.0. The van der Waals surface area contributed by atoms with Crippen molar-refractivity contribution in [2.75, 3.05) is 0 Å². The Bertz CT molecular complexity index is 88.9. The summed E-state index contributed by atoms with van der Waals surface area (Å²) >= 11 is 0. The fourth-order valence-electron chi connectivity index (χ4n) is 0.666. The summed E-state index contributed by atoms with van der Waals surface area (Å²) in [5, 5.41) is 7.06. The zero-order valence-electron chi connectivity index (χ0n) is 6.28. The molecule has 0 amide bonds. The van der Waals surface area contributed by atoms with Crippen LogP contribution in [0.15, 0.2) is 0 Å². The molecule has 0 saturated carbocycles. The molecule has 0 saturated heterocycles.